The van der Waals surface area contributed by atoms with Gasteiger partial charge in [-0.15, -0.1) is 0 Å². The fourth-order valence-electron chi connectivity index (χ4n) is 24.9. The predicted molar refractivity (Wildman–Crippen MR) is 527 cm³/mol. The van der Waals surface area contributed by atoms with Gasteiger partial charge in [-0.2, -0.15) is 44.9 Å². The molecule has 0 saturated carbocycles. The number of nitrogens with one attached hydrogen (secondary N) is 6. The summed E-state index contributed by atoms with van der Waals surface area (Å²) in [5, 5.41) is 23.1. The zero-order chi connectivity index (χ0) is 92.3. The molecule has 3 aromatic heterocycles. The molecular formula is C100H188N24O2. The molecule has 3 aromatic rings. The van der Waals surface area contributed by atoms with E-state index in [1.807, 2.05) is 20.8 Å². The molecule has 9 saturated heterocycles. The molecule has 26 nitrogen and oxygen atoms in total. The number of piperidine rings is 7. The summed E-state index contributed by atoms with van der Waals surface area (Å²) >= 11 is 0. The maximum absolute atomic E-state index is 5.59. The molecule has 9 aliphatic rings. The smallest absolute Gasteiger partial charge is 0.230 e. The van der Waals surface area contributed by atoms with Crippen LogP contribution in [0.25, 0.3) is 0 Å². The lowest BCUT2D eigenvalue weighted by molar-refractivity contribution is 0.0802. The Morgan fingerprint density at radius 3 is 0.651 bits per heavy atom. The van der Waals surface area contributed by atoms with Gasteiger partial charge in [0.25, 0.3) is 0 Å². The summed E-state index contributed by atoms with van der Waals surface area (Å²) in [6, 6.07) is 3.11. The maximum Gasteiger partial charge on any atom is 0.230 e. The molecule has 9 aliphatic heterocycles. The molecule has 0 radical (unpaired) electrons. The first-order valence-electron chi connectivity index (χ1n) is 50.3. The monoisotopic (exact) mass is 1760 g/mol. The van der Waals surface area contributed by atoms with E-state index in [0.29, 0.717) is 36.3 Å². The molecule has 12 heterocycles. The van der Waals surface area contributed by atoms with Crippen molar-refractivity contribution in [2.45, 2.75) is 463 Å². The first-order valence-corrected chi connectivity index (χ1v) is 50.3. The van der Waals surface area contributed by atoms with Crippen LogP contribution in [0.4, 0.5) is 35.7 Å². The number of hydrogen-bond donors (Lipinski definition) is 6. The third kappa shape index (κ3) is 32.7. The average molecular weight is 1760 g/mol. The highest BCUT2D eigenvalue weighted by molar-refractivity contribution is 5.44. The van der Waals surface area contributed by atoms with Gasteiger partial charge in [0.2, 0.25) is 35.7 Å². The van der Waals surface area contributed by atoms with Crippen LogP contribution in [-0.2, 0) is 9.47 Å². The van der Waals surface area contributed by atoms with Crippen LogP contribution in [-0.4, -0.2) is 288 Å². The zero-order valence-corrected chi connectivity index (χ0v) is 86.2. The number of aryl methyl sites for hydroxylation is 3. The Bertz CT molecular complexity index is 3340. The van der Waals surface area contributed by atoms with Crippen molar-refractivity contribution >= 4 is 35.7 Å². The van der Waals surface area contributed by atoms with Gasteiger partial charge in [0, 0.05) is 162 Å². The summed E-state index contributed by atoms with van der Waals surface area (Å²) in [4.78, 5) is 66.7. The Labute approximate surface area is 768 Å². The number of nitrogens with zero attached hydrogens (tertiary/aromatic N) is 18. The number of morpholine rings is 2. The van der Waals surface area contributed by atoms with Crippen LogP contribution < -0.4 is 61.3 Å². The molecule has 0 aliphatic carbocycles. The highest BCUT2D eigenvalue weighted by Gasteiger charge is 2.47. The minimum absolute atomic E-state index is 0.0577. The maximum atomic E-state index is 5.59. The molecular weight excluding hydrogens is 1570 g/mol. The van der Waals surface area contributed by atoms with Crippen LogP contribution in [0.5, 0.6) is 0 Å². The Kier molecular flexibility index (Phi) is 35.5. The average Bonchev–Trinajstić information content (AvgIpc) is 0.778. The largest absolute Gasteiger partial charge is 0.378 e. The van der Waals surface area contributed by atoms with E-state index in [1.54, 1.807) is 0 Å². The van der Waals surface area contributed by atoms with Crippen molar-refractivity contribution < 1.29 is 9.47 Å². The second-order valence-corrected chi connectivity index (χ2v) is 48.7. The lowest BCUT2D eigenvalue weighted by Gasteiger charge is -2.49. The van der Waals surface area contributed by atoms with Crippen LogP contribution in [0.1, 0.15) is 357 Å². The highest BCUT2D eigenvalue weighted by atomic mass is 16.5. The number of aromatic nitrogens is 9. The van der Waals surface area contributed by atoms with Crippen molar-refractivity contribution in [2.75, 3.05) is 156 Å². The molecule has 0 amide bonds. The van der Waals surface area contributed by atoms with Gasteiger partial charge in [0.15, 0.2) is 0 Å². The van der Waals surface area contributed by atoms with E-state index in [0.717, 1.165) is 190 Å². The van der Waals surface area contributed by atoms with E-state index < -0.39 is 0 Å². The van der Waals surface area contributed by atoms with Crippen molar-refractivity contribution in [2.24, 2.45) is 0 Å². The van der Waals surface area contributed by atoms with Crippen LogP contribution >= 0.6 is 0 Å². The molecule has 0 bridgehead atoms. The van der Waals surface area contributed by atoms with Crippen molar-refractivity contribution in [3.63, 3.8) is 0 Å². The zero-order valence-electron chi connectivity index (χ0n) is 86.2. The van der Waals surface area contributed by atoms with Crippen molar-refractivity contribution in [1.29, 1.82) is 0 Å². The minimum Gasteiger partial charge on any atom is -0.378 e. The minimum atomic E-state index is 0.0577. The second kappa shape index (κ2) is 43.2. The Morgan fingerprint density at radius 2 is 0.437 bits per heavy atom. The van der Waals surface area contributed by atoms with E-state index in [4.69, 9.17) is 54.3 Å². The fraction of sp³-hybridized carbons (Fsp3) is 0.910. The van der Waals surface area contributed by atoms with Gasteiger partial charge in [-0.05, 0) is 363 Å². The normalized spacial score (nSPS) is 24.2. The first-order chi connectivity index (χ1) is 58.6. The van der Waals surface area contributed by atoms with Crippen LogP contribution in [0, 0.1) is 20.8 Å². The van der Waals surface area contributed by atoms with Gasteiger partial charge < -0.3 is 85.5 Å². The third-order valence-electron chi connectivity index (χ3n) is 28.4. The lowest BCUT2D eigenvalue weighted by atomic mass is 9.79. The van der Waals surface area contributed by atoms with Crippen LogP contribution in [0.2, 0.25) is 0 Å². The van der Waals surface area contributed by atoms with E-state index in [1.165, 1.54) is 142 Å². The summed E-state index contributed by atoms with van der Waals surface area (Å²) in [6.07, 6.45) is 32.2. The number of ether oxygens (including phenoxy) is 2. The SMILES string of the molecule is Cc1nc(N2CCCCC2)nc(N(CCCCCCN(C)C2CC(C)(C)NC(C)(C)C2)C2CC(C)(C)NC(C)(C)C2)n1.Cc1nc(N2CCOCC2)nc(N(CCCCCCN(C)C2CC(C)(C)NC(C)(C)C2)C2CC(C)(C)NC(C)(C)C2)n1.Cc1nc(N2CCOCC2)nc(N(CCCCCCN(C)C2CC(C)(C)NC(C)(C)C2)C2CC(C)(C)NC(C)(C)C2)n1. The Balaban J connectivity index is 0.000000197. The number of rotatable bonds is 33. The van der Waals surface area contributed by atoms with Gasteiger partial charge >= 0.3 is 0 Å². The molecule has 720 valence electrons. The van der Waals surface area contributed by atoms with E-state index in [9.17, 15) is 0 Å². The lowest BCUT2D eigenvalue weighted by Crippen LogP contribution is -2.62. The molecule has 0 spiro atoms. The van der Waals surface area contributed by atoms with Gasteiger partial charge in [-0.3, -0.25) is 0 Å². The number of unbranched alkanes of at least 4 members (excludes halogenated alkanes) is 9. The summed E-state index contributed by atoms with van der Waals surface area (Å²) < 4.78 is 11.2. The Morgan fingerprint density at radius 1 is 0.246 bits per heavy atom. The van der Waals surface area contributed by atoms with Gasteiger partial charge in [-0.1, -0.05) is 38.5 Å². The molecule has 126 heavy (non-hydrogen) atoms. The number of anilines is 6. The quantitative estimate of drug-likeness (QED) is 0.0311. The topological polar surface area (TPSA) is 236 Å². The summed E-state index contributed by atoms with van der Waals surface area (Å²) in [5.74, 6) is 7.48. The Hall–Kier alpha value is -4.61. The van der Waals surface area contributed by atoms with Crippen molar-refractivity contribution in [3.8, 4) is 0 Å². The molecule has 12 rings (SSSR count). The number of hydrogen-bond acceptors (Lipinski definition) is 26. The molecule has 0 unspecified atom stereocenters. The first kappa shape index (κ1) is 103. The molecule has 9 fully saturated rings. The molecule has 0 aromatic carbocycles. The third-order valence-corrected chi connectivity index (χ3v) is 28.4. The standard InChI is InChI=1S/C34H64N8.2C33H62N8O/c1-26-35-29(41-19-15-13-16-20-41)37-30(36-26)42(28-24-33(6,7)39-34(8,9)25-28)21-17-12-11-14-18-40(10)27-22-31(2,3)38-32(4,5)23-27;2*1-25-34-28(40-17-19-42-20-18-40)36-29(35-25)41(27-23-32(6,7)38-33(8,9)24-27)16-14-12-11-13-15-39(10)26-21-30(2,3)37-31(4,5)22-26/h27-28,38-39H,11-25H2,1-10H3;2*26-27,37-38H,11-24H2,1-10H3. The van der Waals surface area contributed by atoms with E-state index in [2.05, 4.69) is 263 Å². The molecule has 26 heteroatoms. The van der Waals surface area contributed by atoms with Gasteiger partial charge in [0.05, 0.1) is 26.4 Å². The summed E-state index contributed by atoms with van der Waals surface area (Å²) in [5.41, 5.74) is 1.54. The van der Waals surface area contributed by atoms with Gasteiger partial charge in [-0.25, -0.2) is 0 Å². The molecule has 0 atom stereocenters. The van der Waals surface area contributed by atoms with E-state index >= 15 is 0 Å². The molecule has 6 N–H and O–H groups in total. The second-order valence-electron chi connectivity index (χ2n) is 48.7. The van der Waals surface area contributed by atoms with Crippen molar-refractivity contribution in [3.05, 3.63) is 17.5 Å². The summed E-state index contributed by atoms with van der Waals surface area (Å²) in [7, 11) is 7.01. The van der Waals surface area contributed by atoms with Crippen LogP contribution in [0.3, 0.4) is 0 Å². The van der Waals surface area contributed by atoms with Crippen molar-refractivity contribution in [1.82, 2.24) is 91.5 Å². The summed E-state index contributed by atoms with van der Waals surface area (Å²) in [6.45, 7) is 77.1. The van der Waals surface area contributed by atoms with Crippen LogP contribution in [0.15, 0.2) is 0 Å². The van der Waals surface area contributed by atoms with E-state index in [-0.39, 0.29) is 66.5 Å². The highest BCUT2D eigenvalue weighted by Crippen LogP contribution is 2.41. The predicted octanol–water partition coefficient (Wildman–Crippen LogP) is 16.0. The fourth-order valence-corrected chi connectivity index (χ4v) is 24.9. The van der Waals surface area contributed by atoms with Gasteiger partial charge in [0.1, 0.15) is 17.5 Å².